The number of benzene rings is 1. The second kappa shape index (κ2) is 7.60. The third kappa shape index (κ3) is 3.87. The molecule has 0 radical (unpaired) electrons. The first-order chi connectivity index (χ1) is 14.6. The number of rotatable bonds is 4. The highest BCUT2D eigenvalue weighted by molar-refractivity contribution is 7.19. The van der Waals surface area contributed by atoms with E-state index in [9.17, 15) is 18.3 Å². The number of alkyl halides is 3. The van der Waals surface area contributed by atoms with Crippen LogP contribution in [0, 0.1) is 0 Å². The Hall–Kier alpha value is -3.01. The number of halogens is 3. The Balaban J connectivity index is 1.79. The maximum Gasteiger partial charge on any atom is 0.421 e. The van der Waals surface area contributed by atoms with Gasteiger partial charge in [0.15, 0.2) is 5.60 Å². The molecule has 1 aromatic carbocycles. The summed E-state index contributed by atoms with van der Waals surface area (Å²) in [6.45, 7) is 0.730. The molecule has 0 bridgehead atoms. The minimum Gasteiger partial charge on any atom is -0.384 e. The number of nitrogens with zero attached hydrogens (tertiary/aromatic N) is 2. The molecule has 0 fully saturated rings. The van der Waals surface area contributed by atoms with Crippen LogP contribution in [-0.4, -0.2) is 21.3 Å². The van der Waals surface area contributed by atoms with E-state index in [4.69, 9.17) is 11.5 Å². The van der Waals surface area contributed by atoms with E-state index in [0.717, 1.165) is 21.9 Å². The molecular weight excluding hydrogens is 425 g/mol. The van der Waals surface area contributed by atoms with Crippen LogP contribution in [0.2, 0.25) is 0 Å². The first-order valence-electron chi connectivity index (χ1n) is 9.34. The molecule has 31 heavy (non-hydrogen) atoms. The summed E-state index contributed by atoms with van der Waals surface area (Å²) in [6, 6.07) is 14.6. The Kier molecular flexibility index (Phi) is 5.20. The van der Waals surface area contributed by atoms with Gasteiger partial charge in [0.25, 0.3) is 0 Å². The third-order valence-electron chi connectivity index (χ3n) is 5.13. The highest BCUT2D eigenvalue weighted by atomic mass is 32.1. The molecule has 5 N–H and O–H groups in total. The molecule has 2 atom stereocenters. The lowest BCUT2D eigenvalue weighted by Gasteiger charge is -2.26. The average molecular weight is 444 g/mol. The van der Waals surface area contributed by atoms with Gasteiger partial charge in [0.05, 0.1) is 17.4 Å². The van der Waals surface area contributed by atoms with Crippen molar-refractivity contribution >= 4 is 27.2 Å². The smallest absolute Gasteiger partial charge is 0.384 e. The second-order valence-electron chi connectivity index (χ2n) is 7.34. The molecule has 0 saturated heterocycles. The normalized spacial score (nSPS) is 15.0. The number of nitrogens with two attached hydrogens (primary N) is 2. The Morgan fingerprint density at radius 1 is 1.06 bits per heavy atom. The van der Waals surface area contributed by atoms with Crippen LogP contribution >= 0.6 is 11.3 Å². The highest BCUT2D eigenvalue weighted by Gasteiger charge is 2.51. The summed E-state index contributed by atoms with van der Waals surface area (Å²) in [5, 5.41) is 10.9. The molecule has 1 unspecified atom stereocenters. The van der Waals surface area contributed by atoms with Crippen molar-refractivity contribution in [3.8, 4) is 11.3 Å². The number of hydrogen-bond acceptors (Lipinski definition) is 6. The van der Waals surface area contributed by atoms with Gasteiger partial charge in [-0.25, -0.2) is 4.98 Å². The maximum atomic E-state index is 13.3. The lowest BCUT2D eigenvalue weighted by Crippen LogP contribution is -2.39. The summed E-state index contributed by atoms with van der Waals surface area (Å²) < 4.78 is 40.7. The topological polar surface area (TPSA) is 98.0 Å². The highest BCUT2D eigenvalue weighted by Crippen LogP contribution is 2.41. The Labute approximate surface area is 180 Å². The zero-order valence-electron chi connectivity index (χ0n) is 16.4. The number of aliphatic hydroxyl groups is 1. The van der Waals surface area contributed by atoms with Crippen LogP contribution in [0.4, 0.5) is 19.0 Å². The molecule has 3 heterocycles. The van der Waals surface area contributed by atoms with E-state index in [2.05, 4.69) is 9.97 Å². The van der Waals surface area contributed by atoms with Gasteiger partial charge < -0.3 is 16.6 Å². The number of aromatic nitrogens is 2. The minimum absolute atomic E-state index is 0.278. The first-order valence-corrected chi connectivity index (χ1v) is 10.2. The Morgan fingerprint density at radius 3 is 2.52 bits per heavy atom. The van der Waals surface area contributed by atoms with Crippen molar-refractivity contribution < 1.29 is 18.3 Å². The monoisotopic (exact) mass is 444 g/mol. The molecule has 4 rings (SSSR count). The fourth-order valence-corrected chi connectivity index (χ4v) is 4.47. The van der Waals surface area contributed by atoms with Crippen LogP contribution in [0.3, 0.4) is 0 Å². The molecule has 0 aliphatic heterocycles. The second-order valence-corrected chi connectivity index (χ2v) is 8.42. The van der Waals surface area contributed by atoms with E-state index < -0.39 is 17.8 Å². The summed E-state index contributed by atoms with van der Waals surface area (Å²) in [6.07, 6.45) is -3.55. The maximum absolute atomic E-state index is 13.3. The van der Waals surface area contributed by atoms with Gasteiger partial charge in [0.1, 0.15) is 5.82 Å². The van der Waals surface area contributed by atoms with Crippen molar-refractivity contribution in [1.29, 1.82) is 0 Å². The van der Waals surface area contributed by atoms with E-state index in [1.54, 1.807) is 30.3 Å². The zero-order chi connectivity index (χ0) is 22.4. The summed E-state index contributed by atoms with van der Waals surface area (Å²) >= 11 is 1.42. The largest absolute Gasteiger partial charge is 0.421 e. The molecule has 0 spiro atoms. The summed E-state index contributed by atoms with van der Waals surface area (Å²) in [5.41, 5.74) is 10.5. The molecule has 160 valence electrons. The lowest BCUT2D eigenvalue weighted by molar-refractivity contribution is -0.258. The predicted molar refractivity (Wildman–Crippen MR) is 115 cm³/mol. The Bertz CT molecular complexity index is 1250. The van der Waals surface area contributed by atoms with Gasteiger partial charge in [-0.05, 0) is 48.2 Å². The summed E-state index contributed by atoms with van der Waals surface area (Å²) in [5.74, 6) is 0.368. The van der Waals surface area contributed by atoms with Gasteiger partial charge in [0, 0.05) is 21.3 Å². The van der Waals surface area contributed by atoms with Crippen molar-refractivity contribution in [3.63, 3.8) is 0 Å². The van der Waals surface area contributed by atoms with Gasteiger partial charge in [-0.2, -0.15) is 13.2 Å². The number of nitrogen functional groups attached to an aromatic ring is 1. The Morgan fingerprint density at radius 2 is 1.81 bits per heavy atom. The first kappa shape index (κ1) is 21.2. The van der Waals surface area contributed by atoms with E-state index in [0.29, 0.717) is 22.8 Å². The van der Waals surface area contributed by atoms with Crippen molar-refractivity contribution in [3.05, 3.63) is 76.9 Å². The van der Waals surface area contributed by atoms with Crippen LogP contribution in [0.5, 0.6) is 0 Å². The van der Waals surface area contributed by atoms with Gasteiger partial charge in [-0.1, -0.05) is 24.3 Å². The molecule has 5 nitrogen and oxygen atoms in total. The lowest BCUT2D eigenvalue weighted by atomic mass is 9.94. The van der Waals surface area contributed by atoms with E-state index in [1.807, 2.05) is 12.1 Å². The molecule has 9 heteroatoms. The summed E-state index contributed by atoms with van der Waals surface area (Å²) in [4.78, 5) is 9.35. The standard InChI is InChI=1S/C22H19F3N4OS/c1-21(30,22(23,24)25)13-8-9-28-16(11-13)14-5-2-4-12-10-17(31-20(12)14)19(27)15-6-3-7-18(26)29-15/h2-11,19,30H,27H2,1H3,(H2,26,29)/t19-,21?/m0/s1. The van der Waals surface area contributed by atoms with Crippen molar-refractivity contribution in [2.24, 2.45) is 5.73 Å². The zero-order valence-corrected chi connectivity index (χ0v) is 17.2. The van der Waals surface area contributed by atoms with Crippen molar-refractivity contribution in [2.75, 3.05) is 5.73 Å². The number of anilines is 1. The molecule has 3 aromatic heterocycles. The van der Waals surface area contributed by atoms with E-state index in [1.165, 1.54) is 29.7 Å². The minimum atomic E-state index is -4.81. The molecule has 0 aliphatic rings. The van der Waals surface area contributed by atoms with Crippen LogP contribution < -0.4 is 11.5 Å². The van der Waals surface area contributed by atoms with Gasteiger partial charge in [0.2, 0.25) is 0 Å². The quantitative estimate of drug-likeness (QED) is 0.422. The average Bonchev–Trinajstić information content (AvgIpc) is 3.17. The van der Waals surface area contributed by atoms with Crippen molar-refractivity contribution in [2.45, 2.75) is 24.7 Å². The van der Waals surface area contributed by atoms with Crippen LogP contribution in [0.1, 0.15) is 29.1 Å². The third-order valence-corrected chi connectivity index (χ3v) is 6.40. The molecule has 0 saturated carbocycles. The number of fused-ring (bicyclic) bond motifs is 1. The van der Waals surface area contributed by atoms with Crippen LogP contribution in [0.15, 0.2) is 60.8 Å². The molecular formula is C22H19F3N4OS. The number of hydrogen-bond donors (Lipinski definition) is 3. The van der Waals surface area contributed by atoms with Crippen molar-refractivity contribution in [1.82, 2.24) is 9.97 Å². The number of thiophene rings is 1. The molecule has 0 amide bonds. The van der Waals surface area contributed by atoms with Gasteiger partial charge >= 0.3 is 6.18 Å². The molecule has 0 aliphatic carbocycles. The van der Waals surface area contributed by atoms with Crippen LogP contribution in [0.25, 0.3) is 21.3 Å². The predicted octanol–water partition coefficient (Wildman–Crippen LogP) is 4.76. The number of pyridine rings is 2. The van der Waals surface area contributed by atoms with Crippen LogP contribution in [-0.2, 0) is 5.60 Å². The van der Waals surface area contributed by atoms with Gasteiger partial charge in [-0.15, -0.1) is 11.3 Å². The van der Waals surface area contributed by atoms with E-state index in [-0.39, 0.29) is 5.56 Å². The van der Waals surface area contributed by atoms with Gasteiger partial charge in [-0.3, -0.25) is 4.98 Å². The SMILES string of the molecule is CC(O)(c1ccnc(-c2cccc3cc([C@@H](N)c4cccc(N)n4)sc23)c1)C(F)(F)F. The molecule has 4 aromatic rings. The summed E-state index contributed by atoms with van der Waals surface area (Å²) in [7, 11) is 0. The fourth-order valence-electron chi connectivity index (χ4n) is 3.27. The van der Waals surface area contributed by atoms with E-state index >= 15 is 0 Å². The fraction of sp³-hybridized carbons (Fsp3) is 0.182.